The molecule has 2 atom stereocenters. The lowest BCUT2D eigenvalue weighted by Crippen LogP contribution is -2.52. The van der Waals surface area contributed by atoms with Gasteiger partial charge < -0.3 is 15.5 Å². The summed E-state index contributed by atoms with van der Waals surface area (Å²) in [6.45, 7) is 1.29. The second kappa shape index (κ2) is 12.6. The first-order valence-electron chi connectivity index (χ1n) is 12.9. The van der Waals surface area contributed by atoms with Gasteiger partial charge in [-0.2, -0.15) is 9.57 Å². The van der Waals surface area contributed by atoms with Gasteiger partial charge in [-0.25, -0.2) is 8.42 Å². The fourth-order valence-electron chi connectivity index (χ4n) is 4.91. The zero-order valence-electron chi connectivity index (χ0n) is 22.3. The highest BCUT2D eigenvalue weighted by Gasteiger charge is 2.45. The van der Waals surface area contributed by atoms with Gasteiger partial charge in [0.05, 0.1) is 23.9 Å². The van der Waals surface area contributed by atoms with Crippen LogP contribution in [0.15, 0.2) is 65.8 Å². The van der Waals surface area contributed by atoms with Crippen LogP contribution < -0.4 is 5.73 Å². The Labute approximate surface area is 243 Å². The molecule has 1 aromatic heterocycles. The molecule has 0 unspecified atom stereocenters. The number of primary amides is 1. The number of amides is 3. The molecule has 3 aromatic rings. The Morgan fingerprint density at radius 2 is 1.95 bits per heavy atom. The molecular weight excluding hydrogens is 568 g/mol. The summed E-state index contributed by atoms with van der Waals surface area (Å²) in [5.74, 6) is -1.92. The Balaban J connectivity index is 1.58. The summed E-state index contributed by atoms with van der Waals surface area (Å²) in [4.78, 5) is 45.8. The number of hydrogen-bond donors (Lipinski definition) is 1. The number of fused-ring (bicyclic) bond motifs is 1. The van der Waals surface area contributed by atoms with Crippen molar-refractivity contribution in [3.8, 4) is 6.07 Å². The summed E-state index contributed by atoms with van der Waals surface area (Å²) in [7, 11) is -4.34. The number of sulfonamides is 1. The molecule has 1 aliphatic heterocycles. The van der Waals surface area contributed by atoms with E-state index < -0.39 is 46.4 Å². The third kappa shape index (κ3) is 6.65. The summed E-state index contributed by atoms with van der Waals surface area (Å²) in [6, 6.07) is 12.8. The second-order valence-corrected chi connectivity index (χ2v) is 12.0. The molecule has 1 fully saturated rings. The predicted octanol–water partition coefficient (Wildman–Crippen LogP) is 2.30. The van der Waals surface area contributed by atoms with Crippen molar-refractivity contribution >= 4 is 50.1 Å². The van der Waals surface area contributed by atoms with Crippen molar-refractivity contribution in [2.75, 3.05) is 19.6 Å². The van der Waals surface area contributed by atoms with Crippen LogP contribution >= 0.6 is 11.6 Å². The summed E-state index contributed by atoms with van der Waals surface area (Å²) < 4.78 is 28.3. The van der Waals surface area contributed by atoms with Crippen LogP contribution in [0.4, 0.5) is 0 Å². The summed E-state index contributed by atoms with van der Waals surface area (Å²) in [5, 5.41) is 10.9. The standard InChI is InChI=1S/C28H29ClN6O5S/c1-19(27(37)33(12-3-10-30)17-20-4-2-11-32-16-20)34-13-9-25(28(34)38)35(18-26(31)36)41(39,40)24-8-6-21-14-23(29)7-5-22(21)15-24/h2,4-8,11,14-16,19,25H,3,9,12-13,17-18H2,1H3,(H2,31,36)/t19-,25-/m0/s1. The fourth-order valence-corrected chi connectivity index (χ4v) is 6.70. The molecule has 4 rings (SSSR count). The Kier molecular flexibility index (Phi) is 9.22. The molecule has 214 valence electrons. The van der Waals surface area contributed by atoms with E-state index in [1.54, 1.807) is 55.7 Å². The number of nitriles is 1. The number of nitrogens with zero attached hydrogens (tertiary/aromatic N) is 5. The number of rotatable bonds is 11. The zero-order valence-corrected chi connectivity index (χ0v) is 23.9. The number of hydrogen-bond acceptors (Lipinski definition) is 7. The van der Waals surface area contributed by atoms with Crippen LogP contribution in [0.2, 0.25) is 5.02 Å². The summed E-state index contributed by atoms with van der Waals surface area (Å²) >= 11 is 6.04. The maximum absolute atomic E-state index is 13.8. The second-order valence-electron chi connectivity index (χ2n) is 9.71. The minimum absolute atomic E-state index is 0.0625. The molecule has 13 heteroatoms. The molecule has 0 saturated carbocycles. The molecule has 1 saturated heterocycles. The van der Waals surface area contributed by atoms with Gasteiger partial charge in [0.1, 0.15) is 12.1 Å². The Bertz CT molecular complexity index is 1610. The third-order valence-corrected chi connectivity index (χ3v) is 9.06. The first kappa shape index (κ1) is 29.9. The Hall–Kier alpha value is -4.05. The highest BCUT2D eigenvalue weighted by Crippen LogP contribution is 2.29. The Morgan fingerprint density at radius 3 is 2.63 bits per heavy atom. The largest absolute Gasteiger partial charge is 0.369 e. The van der Waals surface area contributed by atoms with Crippen LogP contribution in [0.25, 0.3) is 10.8 Å². The van der Waals surface area contributed by atoms with Gasteiger partial charge in [-0.05, 0) is 60.0 Å². The van der Waals surface area contributed by atoms with E-state index in [2.05, 4.69) is 4.98 Å². The molecule has 0 aliphatic carbocycles. The third-order valence-electron chi connectivity index (χ3n) is 6.98. The molecular formula is C28H29ClN6O5S. The number of carbonyl (C=O) groups excluding carboxylic acids is 3. The normalized spacial score (nSPS) is 16.1. The first-order valence-corrected chi connectivity index (χ1v) is 14.7. The molecule has 0 radical (unpaired) electrons. The van der Waals surface area contributed by atoms with Crippen LogP contribution in [0, 0.1) is 11.3 Å². The molecule has 1 aliphatic rings. The maximum Gasteiger partial charge on any atom is 0.245 e. The fraction of sp³-hybridized carbons (Fsp3) is 0.321. The number of likely N-dealkylation sites (tertiary alicyclic amines) is 1. The average Bonchev–Trinajstić information content (AvgIpc) is 3.33. The molecule has 0 bridgehead atoms. The minimum Gasteiger partial charge on any atom is -0.369 e. The van der Waals surface area contributed by atoms with Gasteiger partial charge in [0.2, 0.25) is 27.7 Å². The van der Waals surface area contributed by atoms with E-state index in [0.29, 0.717) is 10.4 Å². The number of aromatic nitrogens is 1. The van der Waals surface area contributed by atoms with Gasteiger partial charge >= 0.3 is 0 Å². The SMILES string of the molecule is C[C@@H](C(=O)N(CCC#N)Cc1cccnc1)N1CC[C@H](N(CC(N)=O)S(=O)(=O)c2ccc3cc(Cl)ccc3c2)C1=O. The van der Waals surface area contributed by atoms with Crippen LogP contribution in [-0.2, 0) is 31.0 Å². The molecule has 2 aromatic carbocycles. The van der Waals surface area contributed by atoms with Crippen LogP contribution in [0.3, 0.4) is 0 Å². The Morgan fingerprint density at radius 1 is 1.22 bits per heavy atom. The maximum atomic E-state index is 13.8. The number of benzene rings is 2. The number of pyridine rings is 1. The van der Waals surface area contributed by atoms with Gasteiger partial charge in [-0.15, -0.1) is 0 Å². The first-order chi connectivity index (χ1) is 19.5. The summed E-state index contributed by atoms with van der Waals surface area (Å²) in [6.07, 6.45) is 3.38. The molecule has 0 spiro atoms. The number of nitrogens with two attached hydrogens (primary N) is 1. The number of halogens is 1. The van der Waals surface area contributed by atoms with Crippen molar-refractivity contribution in [2.45, 2.75) is 43.3 Å². The van der Waals surface area contributed by atoms with Crippen molar-refractivity contribution < 1.29 is 22.8 Å². The molecule has 11 nitrogen and oxygen atoms in total. The molecule has 2 N–H and O–H groups in total. The highest BCUT2D eigenvalue weighted by atomic mass is 35.5. The van der Waals surface area contributed by atoms with Gasteiger partial charge in [0, 0.05) is 37.1 Å². The van der Waals surface area contributed by atoms with Crippen molar-refractivity contribution in [2.24, 2.45) is 5.73 Å². The lowest BCUT2D eigenvalue weighted by molar-refractivity contribution is -0.144. The molecule has 41 heavy (non-hydrogen) atoms. The summed E-state index contributed by atoms with van der Waals surface area (Å²) in [5.41, 5.74) is 6.17. The highest BCUT2D eigenvalue weighted by molar-refractivity contribution is 7.89. The van der Waals surface area contributed by atoms with Gasteiger partial charge in [0.25, 0.3) is 0 Å². The lowest BCUT2D eigenvalue weighted by Gasteiger charge is -2.31. The minimum atomic E-state index is -4.34. The van der Waals surface area contributed by atoms with E-state index >= 15 is 0 Å². The quantitative estimate of drug-likeness (QED) is 0.356. The van der Waals surface area contributed by atoms with Crippen molar-refractivity contribution in [3.63, 3.8) is 0 Å². The average molecular weight is 597 g/mol. The van der Waals surface area contributed by atoms with Crippen LogP contribution in [0.1, 0.15) is 25.3 Å². The van der Waals surface area contributed by atoms with E-state index in [4.69, 9.17) is 22.6 Å². The van der Waals surface area contributed by atoms with Gasteiger partial charge in [-0.3, -0.25) is 19.4 Å². The van der Waals surface area contributed by atoms with Gasteiger partial charge in [0.15, 0.2) is 0 Å². The lowest BCUT2D eigenvalue weighted by atomic mass is 10.1. The van der Waals surface area contributed by atoms with E-state index in [9.17, 15) is 22.8 Å². The van der Waals surface area contributed by atoms with E-state index in [1.807, 2.05) is 6.07 Å². The topological polar surface area (TPSA) is 158 Å². The predicted molar refractivity (Wildman–Crippen MR) is 152 cm³/mol. The van der Waals surface area contributed by atoms with Crippen molar-refractivity contribution in [1.29, 1.82) is 5.26 Å². The zero-order chi connectivity index (χ0) is 29.7. The molecule has 2 heterocycles. The number of carbonyl (C=O) groups is 3. The van der Waals surface area contributed by atoms with Gasteiger partial charge in [-0.1, -0.05) is 29.8 Å². The van der Waals surface area contributed by atoms with E-state index in [0.717, 1.165) is 15.3 Å². The van der Waals surface area contributed by atoms with Crippen molar-refractivity contribution in [3.05, 3.63) is 71.5 Å². The molecule has 3 amide bonds. The van der Waals surface area contributed by atoms with Crippen LogP contribution in [-0.4, -0.2) is 76.9 Å². The van der Waals surface area contributed by atoms with Crippen molar-refractivity contribution in [1.82, 2.24) is 19.1 Å². The monoisotopic (exact) mass is 596 g/mol. The van der Waals surface area contributed by atoms with E-state index in [1.165, 1.54) is 21.9 Å². The van der Waals surface area contributed by atoms with E-state index in [-0.39, 0.29) is 37.4 Å². The smallest absolute Gasteiger partial charge is 0.245 e. The van der Waals surface area contributed by atoms with Crippen LogP contribution in [0.5, 0.6) is 0 Å².